The fourth-order valence-electron chi connectivity index (χ4n) is 4.22. The highest BCUT2D eigenvalue weighted by Gasteiger charge is 2.19. The molecule has 32 heavy (non-hydrogen) atoms. The van der Waals surface area contributed by atoms with Gasteiger partial charge in [-0.15, -0.1) is 0 Å². The zero-order chi connectivity index (χ0) is 23.5. The molecule has 0 radical (unpaired) electrons. The number of ether oxygens (including phenoxy) is 1. The van der Waals surface area contributed by atoms with E-state index in [-0.39, 0.29) is 0 Å². The molecule has 2 N–H and O–H groups in total. The van der Waals surface area contributed by atoms with Gasteiger partial charge in [-0.2, -0.15) is 4.91 Å². The molecule has 0 aromatic heterocycles. The van der Waals surface area contributed by atoms with E-state index in [1.807, 2.05) is 0 Å². The first-order chi connectivity index (χ1) is 15.8. The van der Waals surface area contributed by atoms with Crippen molar-refractivity contribution in [3.63, 3.8) is 0 Å². The van der Waals surface area contributed by atoms with Gasteiger partial charge in [0, 0.05) is 12.5 Å². The molecule has 0 saturated heterocycles. The number of rotatable bonds is 27. The van der Waals surface area contributed by atoms with E-state index in [2.05, 4.69) is 24.3 Å². The maximum atomic E-state index is 10.6. The van der Waals surface area contributed by atoms with Gasteiger partial charge in [0.05, 0.1) is 6.54 Å². The Kier molecular flexibility index (Phi) is 26.3. The Hall–Kier alpha value is -0.520. The molecule has 0 heterocycles. The van der Waals surface area contributed by atoms with Gasteiger partial charge in [0.2, 0.25) is 0 Å². The average molecular weight is 457 g/mol. The number of nitrogens with zero attached hydrogens (tertiary/aromatic N) is 1. The van der Waals surface area contributed by atoms with Gasteiger partial charge in [-0.1, -0.05) is 102 Å². The van der Waals surface area contributed by atoms with Gasteiger partial charge in [-0.25, -0.2) is 0 Å². The lowest BCUT2D eigenvalue weighted by Gasteiger charge is -2.23. The van der Waals surface area contributed by atoms with Crippen molar-refractivity contribution in [3.8, 4) is 0 Å². The van der Waals surface area contributed by atoms with Crippen LogP contribution < -0.4 is 5.32 Å². The Morgan fingerprint density at radius 3 is 1.81 bits per heavy atom. The molecule has 0 bridgehead atoms. The van der Waals surface area contributed by atoms with Gasteiger partial charge in [0.1, 0.15) is 0 Å². The van der Waals surface area contributed by atoms with Crippen LogP contribution in [0.5, 0.6) is 0 Å². The maximum absolute atomic E-state index is 10.6. The van der Waals surface area contributed by atoms with Crippen molar-refractivity contribution >= 4 is 0 Å². The molecule has 0 spiro atoms. The molecule has 5 nitrogen and oxygen atoms in total. The molecule has 192 valence electrons. The van der Waals surface area contributed by atoms with Crippen molar-refractivity contribution in [2.45, 2.75) is 142 Å². The monoisotopic (exact) mass is 456 g/mol. The summed E-state index contributed by atoms with van der Waals surface area (Å²) in [5, 5.41) is 16.9. The maximum Gasteiger partial charge on any atom is 0.157 e. The van der Waals surface area contributed by atoms with E-state index in [1.54, 1.807) is 0 Å². The summed E-state index contributed by atoms with van der Waals surface area (Å²) in [7, 11) is 0. The minimum Gasteiger partial charge on any atom is -0.368 e. The summed E-state index contributed by atoms with van der Waals surface area (Å²) >= 11 is 0. The van der Waals surface area contributed by atoms with Crippen LogP contribution in [-0.2, 0) is 4.74 Å². The van der Waals surface area contributed by atoms with E-state index in [0.29, 0.717) is 19.1 Å². The Labute approximate surface area is 199 Å². The van der Waals surface area contributed by atoms with Crippen LogP contribution in [0.2, 0.25) is 0 Å². The Balaban J connectivity index is 3.77. The second kappa shape index (κ2) is 26.7. The van der Waals surface area contributed by atoms with Crippen LogP contribution in [0.3, 0.4) is 0 Å². The first kappa shape index (κ1) is 31.5. The summed E-state index contributed by atoms with van der Waals surface area (Å²) < 4.78 is 5.86. The van der Waals surface area contributed by atoms with Crippen molar-refractivity contribution in [1.82, 2.24) is 5.32 Å². The highest BCUT2D eigenvalue weighted by atomic mass is 16.6. The van der Waals surface area contributed by atoms with Crippen LogP contribution in [0.15, 0.2) is 5.18 Å². The topological polar surface area (TPSA) is 70.9 Å². The Morgan fingerprint density at radius 2 is 1.19 bits per heavy atom. The standard InChI is InChI=1S/C27H56N2O3/c1-3-5-7-9-11-15-21-26(20-14-8-6-4-2)27(30)32-25-19-13-10-12-16-22-28-23-17-18-24-29-31/h26-28,30H,3-25H2,1-2H3. The average Bonchev–Trinajstić information content (AvgIpc) is 2.80. The summed E-state index contributed by atoms with van der Waals surface area (Å²) in [6.07, 6.45) is 22.4. The van der Waals surface area contributed by atoms with Gasteiger partial charge < -0.3 is 15.2 Å². The molecule has 0 aliphatic rings. The molecule has 0 aromatic carbocycles. The van der Waals surface area contributed by atoms with Crippen molar-refractivity contribution in [1.29, 1.82) is 0 Å². The SMILES string of the molecule is CCCCCCCCC(CCCCCC)C(O)OCCCCCCCNCCCCN=O. The van der Waals surface area contributed by atoms with Gasteiger partial charge >= 0.3 is 0 Å². The third kappa shape index (κ3) is 22.7. The molecule has 0 fully saturated rings. The number of aliphatic hydroxyl groups excluding tert-OH is 1. The van der Waals surface area contributed by atoms with Crippen molar-refractivity contribution in [2.75, 3.05) is 26.2 Å². The Morgan fingerprint density at radius 1 is 0.688 bits per heavy atom. The molecule has 5 heteroatoms. The highest BCUT2D eigenvalue weighted by molar-refractivity contribution is 4.64. The van der Waals surface area contributed by atoms with Gasteiger partial charge in [0.25, 0.3) is 0 Å². The minimum absolute atomic E-state index is 0.311. The molecule has 0 saturated carbocycles. The van der Waals surface area contributed by atoms with E-state index in [4.69, 9.17) is 4.74 Å². The number of nitrogens with one attached hydrogen (secondary N) is 1. The third-order valence-corrected chi connectivity index (χ3v) is 6.40. The quantitative estimate of drug-likeness (QED) is 0.0753. The first-order valence-electron chi connectivity index (χ1n) is 14.1. The largest absolute Gasteiger partial charge is 0.368 e. The van der Waals surface area contributed by atoms with E-state index in [9.17, 15) is 10.0 Å². The van der Waals surface area contributed by atoms with Crippen molar-refractivity contribution < 1.29 is 9.84 Å². The normalized spacial score (nSPS) is 13.3. The van der Waals surface area contributed by atoms with E-state index >= 15 is 0 Å². The second-order valence-corrected chi connectivity index (χ2v) is 9.50. The lowest BCUT2D eigenvalue weighted by molar-refractivity contribution is -0.138. The third-order valence-electron chi connectivity index (χ3n) is 6.40. The molecular weight excluding hydrogens is 400 g/mol. The number of aliphatic hydroxyl groups is 1. The molecule has 0 aromatic rings. The van der Waals surface area contributed by atoms with Gasteiger partial charge in [0.15, 0.2) is 6.29 Å². The van der Waals surface area contributed by atoms with Gasteiger partial charge in [-0.3, -0.25) is 0 Å². The van der Waals surface area contributed by atoms with Crippen LogP contribution in [0.25, 0.3) is 0 Å². The lowest BCUT2D eigenvalue weighted by Crippen LogP contribution is -2.24. The fourth-order valence-corrected chi connectivity index (χ4v) is 4.22. The predicted octanol–water partition coefficient (Wildman–Crippen LogP) is 7.75. The number of unbranched alkanes of at least 4 members (excludes halogenated alkanes) is 13. The highest BCUT2D eigenvalue weighted by Crippen LogP contribution is 2.23. The molecule has 0 rings (SSSR count). The van der Waals surface area contributed by atoms with Crippen LogP contribution >= 0.6 is 0 Å². The summed E-state index contributed by atoms with van der Waals surface area (Å²) in [5.41, 5.74) is 0. The number of hydrogen-bond donors (Lipinski definition) is 2. The molecule has 2 unspecified atom stereocenters. The van der Waals surface area contributed by atoms with Crippen LogP contribution in [-0.4, -0.2) is 37.6 Å². The minimum atomic E-state index is -0.578. The van der Waals surface area contributed by atoms with Crippen molar-refractivity contribution in [2.24, 2.45) is 11.1 Å². The zero-order valence-corrected chi connectivity index (χ0v) is 21.6. The number of hydrogen-bond acceptors (Lipinski definition) is 5. The van der Waals surface area contributed by atoms with E-state index in [1.165, 1.54) is 89.9 Å². The van der Waals surface area contributed by atoms with Crippen LogP contribution in [0, 0.1) is 10.8 Å². The first-order valence-corrected chi connectivity index (χ1v) is 14.1. The fraction of sp³-hybridized carbons (Fsp3) is 1.00. The summed E-state index contributed by atoms with van der Waals surface area (Å²) in [4.78, 5) is 10.0. The second-order valence-electron chi connectivity index (χ2n) is 9.50. The molecular formula is C27H56N2O3. The zero-order valence-electron chi connectivity index (χ0n) is 21.6. The van der Waals surface area contributed by atoms with E-state index < -0.39 is 6.29 Å². The summed E-state index contributed by atoms with van der Waals surface area (Å²) in [5.74, 6) is 0.311. The lowest BCUT2D eigenvalue weighted by atomic mass is 9.93. The molecule has 0 aliphatic heterocycles. The van der Waals surface area contributed by atoms with Crippen molar-refractivity contribution in [3.05, 3.63) is 4.91 Å². The van der Waals surface area contributed by atoms with E-state index in [0.717, 1.165) is 45.2 Å². The van der Waals surface area contributed by atoms with Crippen LogP contribution in [0.4, 0.5) is 0 Å². The Bertz CT molecular complexity index is 369. The number of nitroso groups, excluding NO2 is 1. The smallest absolute Gasteiger partial charge is 0.157 e. The molecule has 0 amide bonds. The molecule has 0 aliphatic carbocycles. The van der Waals surface area contributed by atoms with Crippen LogP contribution in [0.1, 0.15) is 136 Å². The predicted molar refractivity (Wildman–Crippen MR) is 138 cm³/mol. The molecule has 2 atom stereocenters. The summed E-state index contributed by atoms with van der Waals surface area (Å²) in [6.45, 7) is 7.68. The van der Waals surface area contributed by atoms with Gasteiger partial charge in [-0.05, 0) is 51.6 Å². The summed E-state index contributed by atoms with van der Waals surface area (Å²) in [6, 6.07) is 0.